The number of aryl methyl sites for hydroxylation is 1. The van der Waals surface area contributed by atoms with Crippen LogP contribution in [0, 0.1) is 6.92 Å². The number of hydrogen-bond donors (Lipinski definition) is 2. The van der Waals surface area contributed by atoms with Crippen molar-refractivity contribution < 1.29 is 9.59 Å². The number of thioether (sulfide) groups is 1. The number of aromatic nitrogens is 2. The van der Waals surface area contributed by atoms with E-state index in [1.807, 2.05) is 31.2 Å². The third-order valence-corrected chi connectivity index (χ3v) is 3.82. The second-order valence-electron chi connectivity index (χ2n) is 4.33. The maximum absolute atomic E-state index is 11.5. The summed E-state index contributed by atoms with van der Waals surface area (Å²) in [6, 6.07) is 7.17. The quantitative estimate of drug-likeness (QED) is 0.843. The first-order chi connectivity index (χ1) is 10.1. The van der Waals surface area contributed by atoms with E-state index in [4.69, 9.17) is 0 Å². The van der Waals surface area contributed by atoms with Crippen LogP contribution >= 0.6 is 11.8 Å². The van der Waals surface area contributed by atoms with Gasteiger partial charge in [0, 0.05) is 19.2 Å². The van der Waals surface area contributed by atoms with Crippen LogP contribution in [0.1, 0.15) is 12.1 Å². The van der Waals surface area contributed by atoms with Crippen molar-refractivity contribution in [3.63, 3.8) is 0 Å². The summed E-state index contributed by atoms with van der Waals surface area (Å²) in [7, 11) is 1.46. The number of nitrogens with zero attached hydrogens (tertiary/aromatic N) is 2. The van der Waals surface area contributed by atoms with E-state index in [0.29, 0.717) is 5.75 Å². The Hall–Kier alpha value is -2.15. The Labute approximate surface area is 126 Å². The largest absolute Gasteiger partial charge is 0.341 e. The van der Waals surface area contributed by atoms with E-state index in [-0.39, 0.29) is 12.3 Å². The zero-order valence-electron chi connectivity index (χ0n) is 11.8. The van der Waals surface area contributed by atoms with Crippen molar-refractivity contribution in [2.75, 3.05) is 12.8 Å². The molecule has 2 N–H and O–H groups in total. The Kier molecular flexibility index (Phi) is 5.10. The van der Waals surface area contributed by atoms with E-state index >= 15 is 0 Å². The molecule has 1 heterocycles. The number of imide groups is 1. The molecule has 0 aliphatic heterocycles. The van der Waals surface area contributed by atoms with Crippen LogP contribution < -0.4 is 10.6 Å². The monoisotopic (exact) mass is 304 g/mol. The fourth-order valence-electron chi connectivity index (χ4n) is 1.70. The van der Waals surface area contributed by atoms with Crippen molar-refractivity contribution in [3.05, 3.63) is 30.0 Å². The Morgan fingerprint density at radius 3 is 2.52 bits per heavy atom. The van der Waals surface area contributed by atoms with Crippen LogP contribution in [0.2, 0.25) is 0 Å². The van der Waals surface area contributed by atoms with E-state index in [0.717, 1.165) is 21.8 Å². The molecule has 0 saturated carbocycles. The molecular formula is C14H16N4O2S. The van der Waals surface area contributed by atoms with Crippen molar-refractivity contribution in [1.29, 1.82) is 0 Å². The molecule has 1 aromatic carbocycles. The van der Waals surface area contributed by atoms with Crippen molar-refractivity contribution in [1.82, 2.24) is 20.6 Å². The molecule has 6 nitrogen and oxygen atoms in total. The number of benzene rings is 1. The number of amides is 3. The molecule has 2 rings (SSSR count). The van der Waals surface area contributed by atoms with Gasteiger partial charge in [0.25, 0.3) is 0 Å². The van der Waals surface area contributed by atoms with E-state index in [1.165, 1.54) is 18.8 Å². The molecule has 0 bridgehead atoms. The van der Waals surface area contributed by atoms with Crippen molar-refractivity contribution in [3.8, 4) is 0 Å². The lowest BCUT2D eigenvalue weighted by atomic mass is 10.3. The lowest BCUT2D eigenvalue weighted by Gasteiger charge is -2.06. The summed E-state index contributed by atoms with van der Waals surface area (Å²) < 4.78 is 0. The second-order valence-corrected chi connectivity index (χ2v) is 5.41. The summed E-state index contributed by atoms with van der Waals surface area (Å²) in [5, 5.41) is 5.36. The smallest absolute Gasteiger partial charge is 0.321 e. The van der Waals surface area contributed by atoms with Crippen LogP contribution in [0.25, 0.3) is 11.0 Å². The highest BCUT2D eigenvalue weighted by atomic mass is 32.2. The maximum atomic E-state index is 11.5. The van der Waals surface area contributed by atoms with Crippen LogP contribution in [0.4, 0.5) is 4.79 Å². The highest BCUT2D eigenvalue weighted by molar-refractivity contribution is 7.99. The van der Waals surface area contributed by atoms with Gasteiger partial charge in [0.2, 0.25) is 5.91 Å². The number of fused-ring (bicyclic) bond motifs is 1. The number of para-hydroxylation sites is 2. The summed E-state index contributed by atoms with van der Waals surface area (Å²) in [5.74, 6) is 0.227. The standard InChI is InChI=1S/C14H16N4O2S/c1-9-13(17-11-6-4-3-5-10(11)16-9)21-8-7-12(19)18-14(20)15-2/h3-6H,7-8H2,1-2H3,(H2,15,18,19,20). The van der Waals surface area contributed by atoms with Gasteiger partial charge in [-0.2, -0.15) is 0 Å². The van der Waals surface area contributed by atoms with Gasteiger partial charge in [0.15, 0.2) is 0 Å². The lowest BCUT2D eigenvalue weighted by molar-refractivity contribution is -0.119. The normalized spacial score (nSPS) is 10.4. The van der Waals surface area contributed by atoms with Gasteiger partial charge < -0.3 is 5.32 Å². The molecule has 110 valence electrons. The van der Waals surface area contributed by atoms with Gasteiger partial charge in [-0.15, -0.1) is 11.8 Å². The topological polar surface area (TPSA) is 84.0 Å². The molecule has 0 spiro atoms. The predicted octanol–water partition coefficient (Wildman–Crippen LogP) is 1.88. The molecule has 0 unspecified atom stereocenters. The Morgan fingerprint density at radius 1 is 1.19 bits per heavy atom. The molecule has 21 heavy (non-hydrogen) atoms. The molecule has 0 aliphatic carbocycles. The van der Waals surface area contributed by atoms with Crippen molar-refractivity contribution in [2.45, 2.75) is 18.4 Å². The molecule has 3 amide bonds. The average molecular weight is 304 g/mol. The number of urea groups is 1. The summed E-state index contributed by atoms with van der Waals surface area (Å²) in [6.45, 7) is 1.90. The molecular weight excluding hydrogens is 288 g/mol. The van der Waals surface area contributed by atoms with E-state index in [2.05, 4.69) is 20.6 Å². The predicted molar refractivity (Wildman–Crippen MR) is 82.2 cm³/mol. The first-order valence-corrected chi connectivity index (χ1v) is 7.46. The number of carbonyl (C=O) groups is 2. The van der Waals surface area contributed by atoms with Gasteiger partial charge in [-0.1, -0.05) is 12.1 Å². The molecule has 2 aromatic rings. The first kappa shape index (κ1) is 15.2. The molecule has 0 fully saturated rings. The van der Waals surface area contributed by atoms with E-state index < -0.39 is 6.03 Å². The summed E-state index contributed by atoms with van der Waals surface area (Å²) >= 11 is 1.46. The Balaban J connectivity index is 1.96. The molecule has 0 atom stereocenters. The van der Waals surface area contributed by atoms with Crippen molar-refractivity contribution in [2.24, 2.45) is 0 Å². The lowest BCUT2D eigenvalue weighted by Crippen LogP contribution is -2.37. The number of hydrogen-bond acceptors (Lipinski definition) is 5. The van der Waals surface area contributed by atoms with Crippen LogP contribution in [0.5, 0.6) is 0 Å². The van der Waals surface area contributed by atoms with Crippen LogP contribution in [-0.2, 0) is 4.79 Å². The van der Waals surface area contributed by atoms with Gasteiger partial charge in [0.1, 0.15) is 5.03 Å². The molecule has 0 aliphatic rings. The number of nitrogens with one attached hydrogen (secondary N) is 2. The van der Waals surface area contributed by atoms with Crippen LogP contribution in [0.15, 0.2) is 29.3 Å². The fourth-order valence-corrected chi connectivity index (χ4v) is 2.60. The minimum absolute atomic E-state index is 0.242. The Bertz CT molecular complexity index is 675. The molecule has 7 heteroatoms. The zero-order valence-corrected chi connectivity index (χ0v) is 12.7. The Morgan fingerprint density at radius 2 is 1.86 bits per heavy atom. The van der Waals surface area contributed by atoms with Crippen molar-refractivity contribution >= 4 is 34.7 Å². The third-order valence-electron chi connectivity index (χ3n) is 2.75. The van der Waals surface area contributed by atoms with Gasteiger partial charge in [-0.25, -0.2) is 14.8 Å². The minimum atomic E-state index is -0.494. The summed E-state index contributed by atoms with van der Waals surface area (Å²) in [6.07, 6.45) is 0.242. The maximum Gasteiger partial charge on any atom is 0.321 e. The van der Waals surface area contributed by atoms with Gasteiger partial charge in [-0.05, 0) is 19.1 Å². The zero-order chi connectivity index (χ0) is 15.2. The van der Waals surface area contributed by atoms with Gasteiger partial charge in [-0.3, -0.25) is 10.1 Å². The molecule has 0 radical (unpaired) electrons. The van der Waals surface area contributed by atoms with E-state index in [1.54, 1.807) is 0 Å². The number of carbonyl (C=O) groups excluding carboxylic acids is 2. The van der Waals surface area contributed by atoms with Crippen LogP contribution in [-0.4, -0.2) is 34.7 Å². The fraction of sp³-hybridized carbons (Fsp3) is 0.286. The minimum Gasteiger partial charge on any atom is -0.341 e. The highest BCUT2D eigenvalue weighted by Gasteiger charge is 2.09. The average Bonchev–Trinajstić information content (AvgIpc) is 2.47. The summed E-state index contributed by atoms with van der Waals surface area (Å²) in [5.41, 5.74) is 2.53. The van der Waals surface area contributed by atoms with Crippen LogP contribution in [0.3, 0.4) is 0 Å². The highest BCUT2D eigenvalue weighted by Crippen LogP contribution is 2.22. The molecule has 1 aromatic heterocycles. The third kappa shape index (κ3) is 4.16. The first-order valence-electron chi connectivity index (χ1n) is 6.48. The SMILES string of the molecule is CNC(=O)NC(=O)CCSc1nc2ccccc2nc1C. The number of rotatable bonds is 4. The second kappa shape index (κ2) is 7.03. The van der Waals surface area contributed by atoms with Gasteiger partial charge in [0.05, 0.1) is 16.7 Å². The van der Waals surface area contributed by atoms with E-state index in [9.17, 15) is 9.59 Å². The molecule has 0 saturated heterocycles. The van der Waals surface area contributed by atoms with Gasteiger partial charge >= 0.3 is 6.03 Å². The summed E-state index contributed by atoms with van der Waals surface area (Å²) in [4.78, 5) is 31.5.